The summed E-state index contributed by atoms with van der Waals surface area (Å²) in [6, 6.07) is 0.636. The fourth-order valence-corrected chi connectivity index (χ4v) is 2.61. The molecule has 1 aliphatic rings. The van der Waals surface area contributed by atoms with Gasteiger partial charge in [0.05, 0.1) is 25.9 Å². The standard InChI is InChI=1S/C13H27NO3/c1-3-14(7-9-17-10-8-15)12-5-4-6-13(11-12)16-2/h12-13,15H,3-11H2,1-2H3. The van der Waals surface area contributed by atoms with Crippen LogP contribution in [-0.4, -0.2) is 62.2 Å². The first kappa shape index (κ1) is 14.9. The normalized spacial score (nSPS) is 25.4. The first-order chi connectivity index (χ1) is 8.31. The molecule has 0 heterocycles. The molecule has 4 heteroatoms. The van der Waals surface area contributed by atoms with Gasteiger partial charge in [-0.25, -0.2) is 0 Å². The predicted molar refractivity (Wildman–Crippen MR) is 68.2 cm³/mol. The fourth-order valence-electron chi connectivity index (χ4n) is 2.61. The lowest BCUT2D eigenvalue weighted by molar-refractivity contribution is 0.0153. The summed E-state index contributed by atoms with van der Waals surface area (Å²) in [5, 5.41) is 8.65. The molecular weight excluding hydrogens is 218 g/mol. The zero-order valence-electron chi connectivity index (χ0n) is 11.2. The largest absolute Gasteiger partial charge is 0.394 e. The van der Waals surface area contributed by atoms with Crippen molar-refractivity contribution in [2.45, 2.75) is 44.8 Å². The third-order valence-corrected chi connectivity index (χ3v) is 3.61. The molecule has 17 heavy (non-hydrogen) atoms. The van der Waals surface area contributed by atoms with E-state index in [0.717, 1.165) is 19.5 Å². The highest BCUT2D eigenvalue weighted by Gasteiger charge is 2.25. The van der Waals surface area contributed by atoms with E-state index >= 15 is 0 Å². The number of nitrogens with zero attached hydrogens (tertiary/aromatic N) is 1. The van der Waals surface area contributed by atoms with Crippen molar-refractivity contribution in [3.8, 4) is 0 Å². The zero-order chi connectivity index (χ0) is 12.5. The van der Waals surface area contributed by atoms with Crippen LogP contribution in [0, 0.1) is 0 Å². The Hall–Kier alpha value is -0.160. The molecule has 102 valence electrons. The van der Waals surface area contributed by atoms with Gasteiger partial charge in [-0.3, -0.25) is 4.90 Å². The first-order valence-corrected chi connectivity index (χ1v) is 6.77. The maximum Gasteiger partial charge on any atom is 0.0698 e. The molecule has 1 aliphatic carbocycles. The van der Waals surface area contributed by atoms with E-state index in [1.807, 2.05) is 7.11 Å². The number of aliphatic hydroxyl groups excluding tert-OH is 1. The summed E-state index contributed by atoms with van der Waals surface area (Å²) < 4.78 is 10.8. The Morgan fingerprint density at radius 2 is 2.12 bits per heavy atom. The van der Waals surface area contributed by atoms with Gasteiger partial charge in [0.15, 0.2) is 0 Å². The second-order valence-electron chi connectivity index (χ2n) is 4.64. The van der Waals surface area contributed by atoms with Crippen LogP contribution in [0.1, 0.15) is 32.6 Å². The van der Waals surface area contributed by atoms with Crippen molar-refractivity contribution in [1.29, 1.82) is 0 Å². The van der Waals surface area contributed by atoms with Crippen LogP contribution >= 0.6 is 0 Å². The van der Waals surface area contributed by atoms with E-state index in [9.17, 15) is 0 Å². The van der Waals surface area contributed by atoms with Crippen LogP contribution < -0.4 is 0 Å². The van der Waals surface area contributed by atoms with E-state index in [4.69, 9.17) is 14.6 Å². The third-order valence-electron chi connectivity index (χ3n) is 3.61. The Balaban J connectivity index is 2.27. The third kappa shape index (κ3) is 5.34. The molecule has 0 aromatic carbocycles. The number of hydrogen-bond donors (Lipinski definition) is 1. The summed E-state index contributed by atoms with van der Waals surface area (Å²) in [5.41, 5.74) is 0. The van der Waals surface area contributed by atoms with Gasteiger partial charge in [-0.05, 0) is 32.2 Å². The molecule has 0 aliphatic heterocycles. The topological polar surface area (TPSA) is 41.9 Å². The summed E-state index contributed by atoms with van der Waals surface area (Å²) in [6.07, 6.45) is 5.31. The van der Waals surface area contributed by atoms with E-state index in [0.29, 0.717) is 25.4 Å². The number of hydrogen-bond acceptors (Lipinski definition) is 4. The molecule has 0 radical (unpaired) electrons. The maximum absolute atomic E-state index is 8.65. The average molecular weight is 245 g/mol. The molecule has 0 bridgehead atoms. The van der Waals surface area contributed by atoms with Gasteiger partial charge in [0.25, 0.3) is 0 Å². The maximum atomic E-state index is 8.65. The molecule has 0 aromatic rings. The molecule has 1 fully saturated rings. The van der Waals surface area contributed by atoms with Gasteiger partial charge in [-0.2, -0.15) is 0 Å². The number of ether oxygens (including phenoxy) is 2. The molecule has 1 N–H and O–H groups in total. The molecular formula is C13H27NO3. The quantitative estimate of drug-likeness (QED) is 0.654. The Labute approximate surface area is 105 Å². The van der Waals surface area contributed by atoms with Gasteiger partial charge in [-0.1, -0.05) is 6.92 Å². The molecule has 0 spiro atoms. The van der Waals surface area contributed by atoms with Crippen LogP contribution in [0.15, 0.2) is 0 Å². The Morgan fingerprint density at radius 1 is 1.29 bits per heavy atom. The van der Waals surface area contributed by atoms with E-state index in [1.165, 1.54) is 19.3 Å². The van der Waals surface area contributed by atoms with E-state index in [1.54, 1.807) is 0 Å². The molecule has 2 atom stereocenters. The minimum atomic E-state index is 0.112. The Kier molecular flexibility index (Phi) is 7.77. The van der Waals surface area contributed by atoms with Crippen LogP contribution in [-0.2, 0) is 9.47 Å². The average Bonchev–Trinajstić information content (AvgIpc) is 2.39. The van der Waals surface area contributed by atoms with Crippen molar-refractivity contribution in [2.24, 2.45) is 0 Å². The summed E-state index contributed by atoms with van der Waals surface area (Å²) in [4.78, 5) is 2.47. The number of rotatable bonds is 8. The van der Waals surface area contributed by atoms with E-state index in [2.05, 4.69) is 11.8 Å². The first-order valence-electron chi connectivity index (χ1n) is 6.77. The lowest BCUT2D eigenvalue weighted by atomic mass is 9.91. The predicted octanol–water partition coefficient (Wildman–Crippen LogP) is 1.27. The highest BCUT2D eigenvalue weighted by molar-refractivity contribution is 4.80. The van der Waals surface area contributed by atoms with Gasteiger partial charge >= 0.3 is 0 Å². The smallest absolute Gasteiger partial charge is 0.0698 e. The molecule has 0 saturated heterocycles. The minimum absolute atomic E-state index is 0.112. The number of aliphatic hydroxyl groups is 1. The SMILES string of the molecule is CCN(CCOCCO)C1CCCC(OC)C1. The zero-order valence-corrected chi connectivity index (χ0v) is 11.2. The monoisotopic (exact) mass is 245 g/mol. The van der Waals surface area contributed by atoms with Crippen LogP contribution in [0.5, 0.6) is 0 Å². The van der Waals surface area contributed by atoms with Gasteiger partial charge < -0.3 is 14.6 Å². The molecule has 2 unspecified atom stereocenters. The van der Waals surface area contributed by atoms with Crippen molar-refractivity contribution in [3.05, 3.63) is 0 Å². The number of methoxy groups -OCH3 is 1. The highest BCUT2D eigenvalue weighted by Crippen LogP contribution is 2.24. The molecule has 1 saturated carbocycles. The van der Waals surface area contributed by atoms with Crippen molar-refractivity contribution in [2.75, 3.05) is 40.0 Å². The van der Waals surface area contributed by atoms with Gasteiger partial charge in [0.1, 0.15) is 0 Å². The van der Waals surface area contributed by atoms with Crippen molar-refractivity contribution < 1.29 is 14.6 Å². The summed E-state index contributed by atoms with van der Waals surface area (Å²) in [5.74, 6) is 0. The Bertz CT molecular complexity index is 190. The van der Waals surface area contributed by atoms with E-state index < -0.39 is 0 Å². The van der Waals surface area contributed by atoms with Gasteiger partial charge in [-0.15, -0.1) is 0 Å². The molecule has 0 aromatic heterocycles. The Morgan fingerprint density at radius 3 is 2.76 bits per heavy atom. The second-order valence-corrected chi connectivity index (χ2v) is 4.64. The molecule has 1 rings (SSSR count). The van der Waals surface area contributed by atoms with Crippen LogP contribution in [0.4, 0.5) is 0 Å². The van der Waals surface area contributed by atoms with Crippen molar-refractivity contribution in [1.82, 2.24) is 4.90 Å². The summed E-state index contributed by atoms with van der Waals surface area (Å²) in [6.45, 7) is 5.48. The highest BCUT2D eigenvalue weighted by atomic mass is 16.5. The van der Waals surface area contributed by atoms with E-state index in [-0.39, 0.29) is 6.61 Å². The van der Waals surface area contributed by atoms with Crippen molar-refractivity contribution >= 4 is 0 Å². The lowest BCUT2D eigenvalue weighted by Crippen LogP contribution is -2.42. The summed E-state index contributed by atoms with van der Waals surface area (Å²) >= 11 is 0. The fraction of sp³-hybridized carbons (Fsp3) is 1.00. The lowest BCUT2D eigenvalue weighted by Gasteiger charge is -2.36. The van der Waals surface area contributed by atoms with Crippen LogP contribution in [0.3, 0.4) is 0 Å². The van der Waals surface area contributed by atoms with Crippen LogP contribution in [0.2, 0.25) is 0 Å². The second kappa shape index (κ2) is 8.86. The minimum Gasteiger partial charge on any atom is -0.394 e. The van der Waals surface area contributed by atoms with Crippen LogP contribution in [0.25, 0.3) is 0 Å². The molecule has 0 amide bonds. The van der Waals surface area contributed by atoms with Crippen molar-refractivity contribution in [3.63, 3.8) is 0 Å². The van der Waals surface area contributed by atoms with Gasteiger partial charge in [0, 0.05) is 19.7 Å². The molecule has 4 nitrogen and oxygen atoms in total. The van der Waals surface area contributed by atoms with Gasteiger partial charge in [0.2, 0.25) is 0 Å². The summed E-state index contributed by atoms with van der Waals surface area (Å²) in [7, 11) is 1.81. The number of likely N-dealkylation sites (N-methyl/N-ethyl adjacent to an activating group) is 1.